The van der Waals surface area contributed by atoms with Gasteiger partial charge in [0.2, 0.25) is 5.91 Å². The normalized spacial score (nSPS) is 34.1. The third-order valence-corrected chi connectivity index (χ3v) is 4.75. The summed E-state index contributed by atoms with van der Waals surface area (Å²) in [4.78, 5) is 11.7. The van der Waals surface area contributed by atoms with E-state index >= 15 is 0 Å². The molecule has 20 heavy (non-hydrogen) atoms. The van der Waals surface area contributed by atoms with Crippen LogP contribution in [0.15, 0.2) is 35.6 Å². The average Bonchev–Trinajstić information content (AvgIpc) is 2.74. The number of hydrogen-bond donors (Lipinski definition) is 1. The van der Waals surface area contributed by atoms with Gasteiger partial charge in [0.25, 0.3) is 0 Å². The summed E-state index contributed by atoms with van der Waals surface area (Å²) in [6.07, 6.45) is 7.22. The van der Waals surface area contributed by atoms with Gasteiger partial charge in [0.15, 0.2) is 6.29 Å². The molecule has 108 valence electrons. The average molecular weight is 275 g/mol. The lowest BCUT2D eigenvalue weighted by Gasteiger charge is -2.48. The molecule has 0 saturated carbocycles. The Balaban J connectivity index is 1.82. The van der Waals surface area contributed by atoms with Crippen molar-refractivity contribution < 1.29 is 14.3 Å². The van der Waals surface area contributed by atoms with Crippen molar-refractivity contribution in [1.82, 2.24) is 5.32 Å². The van der Waals surface area contributed by atoms with E-state index in [1.54, 1.807) is 6.20 Å². The number of nitrogens with one attached hydrogen (secondary N) is 1. The Morgan fingerprint density at radius 1 is 1.20 bits per heavy atom. The first-order chi connectivity index (χ1) is 9.30. The van der Waals surface area contributed by atoms with Gasteiger partial charge < -0.3 is 14.8 Å². The van der Waals surface area contributed by atoms with Crippen LogP contribution in [-0.4, -0.2) is 24.4 Å². The van der Waals surface area contributed by atoms with Crippen LogP contribution in [0.4, 0.5) is 0 Å². The lowest BCUT2D eigenvalue weighted by Crippen LogP contribution is -2.53. The number of rotatable bonds is 1. The fraction of sp³-hybridized carbons (Fsp3) is 0.562. The Labute approximate surface area is 119 Å². The third-order valence-electron chi connectivity index (χ3n) is 4.75. The lowest BCUT2D eigenvalue weighted by atomic mass is 9.77. The van der Waals surface area contributed by atoms with Gasteiger partial charge in [-0.2, -0.15) is 0 Å². The molecule has 2 aliphatic heterocycles. The predicted octanol–water partition coefficient (Wildman–Crippen LogP) is 2.29. The second kappa shape index (κ2) is 4.30. The maximum absolute atomic E-state index is 11.7. The fourth-order valence-electron chi connectivity index (χ4n) is 2.49. The van der Waals surface area contributed by atoms with Crippen molar-refractivity contribution in [3.63, 3.8) is 0 Å². The zero-order chi connectivity index (χ0) is 14.5. The number of amides is 1. The van der Waals surface area contributed by atoms with Crippen LogP contribution >= 0.6 is 0 Å². The molecule has 0 spiro atoms. The molecule has 0 aromatic heterocycles. The van der Waals surface area contributed by atoms with E-state index in [-0.39, 0.29) is 22.8 Å². The largest absolute Gasteiger partial charge is 0.348 e. The van der Waals surface area contributed by atoms with Crippen LogP contribution in [0.2, 0.25) is 0 Å². The number of carbonyl (C=O) groups is 1. The Hall–Kier alpha value is -1.39. The number of hydrogen-bond acceptors (Lipinski definition) is 3. The van der Waals surface area contributed by atoms with Gasteiger partial charge >= 0.3 is 0 Å². The molecule has 2 atom stereocenters. The van der Waals surface area contributed by atoms with E-state index in [0.717, 1.165) is 11.1 Å². The van der Waals surface area contributed by atoms with E-state index in [0.29, 0.717) is 6.61 Å². The van der Waals surface area contributed by atoms with E-state index in [1.165, 1.54) is 0 Å². The van der Waals surface area contributed by atoms with Gasteiger partial charge in [0.1, 0.15) is 0 Å². The van der Waals surface area contributed by atoms with Crippen molar-refractivity contribution in [1.29, 1.82) is 0 Å². The molecule has 0 aromatic rings. The Bertz CT molecular complexity index is 540. The molecule has 3 rings (SSSR count). The van der Waals surface area contributed by atoms with Gasteiger partial charge in [-0.15, -0.1) is 0 Å². The molecule has 1 fully saturated rings. The van der Waals surface area contributed by atoms with Crippen LogP contribution < -0.4 is 5.32 Å². The zero-order valence-corrected chi connectivity index (χ0v) is 12.4. The van der Waals surface area contributed by atoms with Crippen LogP contribution in [0.25, 0.3) is 0 Å². The van der Waals surface area contributed by atoms with Crippen molar-refractivity contribution >= 4 is 5.91 Å². The molecule has 1 N–H and O–H groups in total. The maximum Gasteiger partial charge on any atom is 0.235 e. The smallest absolute Gasteiger partial charge is 0.235 e. The Morgan fingerprint density at radius 3 is 2.60 bits per heavy atom. The molecule has 2 unspecified atom stereocenters. The highest BCUT2D eigenvalue weighted by molar-refractivity contribution is 5.89. The molecule has 0 bridgehead atoms. The van der Waals surface area contributed by atoms with Crippen LogP contribution in [0.3, 0.4) is 0 Å². The molecular weight excluding hydrogens is 254 g/mol. The first-order valence-electron chi connectivity index (χ1n) is 7.00. The van der Waals surface area contributed by atoms with Crippen LogP contribution in [0.5, 0.6) is 0 Å². The van der Waals surface area contributed by atoms with Gasteiger partial charge in [0.05, 0.1) is 18.1 Å². The zero-order valence-electron chi connectivity index (χ0n) is 12.4. The molecule has 0 radical (unpaired) electrons. The summed E-state index contributed by atoms with van der Waals surface area (Å²) in [5, 5.41) is 2.74. The highest BCUT2D eigenvalue weighted by atomic mass is 16.7. The third kappa shape index (κ3) is 2.03. The predicted molar refractivity (Wildman–Crippen MR) is 75.6 cm³/mol. The van der Waals surface area contributed by atoms with Gasteiger partial charge in [-0.25, -0.2) is 0 Å². The fourth-order valence-corrected chi connectivity index (χ4v) is 2.49. The van der Waals surface area contributed by atoms with Crippen molar-refractivity contribution in [3.8, 4) is 0 Å². The lowest BCUT2D eigenvalue weighted by molar-refractivity contribution is -0.279. The molecule has 4 heteroatoms. The van der Waals surface area contributed by atoms with Crippen molar-refractivity contribution in [2.24, 2.45) is 11.3 Å². The molecule has 1 aliphatic carbocycles. The monoisotopic (exact) mass is 275 g/mol. The second-order valence-corrected chi connectivity index (χ2v) is 6.79. The van der Waals surface area contributed by atoms with Crippen LogP contribution in [-0.2, 0) is 14.3 Å². The highest BCUT2D eigenvalue weighted by Gasteiger charge is 2.45. The molecular formula is C16H21NO3. The standard InChI is InChI=1S/C16H21NO3/c1-15(2)9-19-14(20-16(15,3)4)10-5-6-11-8-17-13(18)12(11)7-10/h5-8,12,14H,9H2,1-4H3,(H,17,18). The summed E-state index contributed by atoms with van der Waals surface area (Å²) in [5.74, 6) is -0.197. The summed E-state index contributed by atoms with van der Waals surface area (Å²) < 4.78 is 12.0. The topological polar surface area (TPSA) is 47.6 Å². The summed E-state index contributed by atoms with van der Waals surface area (Å²) in [6, 6.07) is 0. The summed E-state index contributed by atoms with van der Waals surface area (Å²) >= 11 is 0. The van der Waals surface area contributed by atoms with Crippen LogP contribution in [0, 0.1) is 11.3 Å². The molecule has 2 heterocycles. The second-order valence-electron chi connectivity index (χ2n) is 6.79. The maximum atomic E-state index is 11.7. The van der Waals surface area contributed by atoms with Crippen molar-refractivity contribution in [2.45, 2.75) is 39.6 Å². The number of ether oxygens (including phenoxy) is 2. The minimum atomic E-state index is -0.399. The van der Waals surface area contributed by atoms with Crippen molar-refractivity contribution in [2.75, 3.05) is 6.61 Å². The van der Waals surface area contributed by atoms with Crippen molar-refractivity contribution in [3.05, 3.63) is 35.6 Å². The Kier molecular flexibility index (Phi) is 2.92. The van der Waals surface area contributed by atoms with Gasteiger partial charge in [-0.05, 0) is 19.4 Å². The SMILES string of the molecule is CC1(C)COC(C2=CC3C(=O)NC=C3C=C2)OC1(C)C. The number of carbonyl (C=O) groups excluding carboxylic acids is 1. The Morgan fingerprint density at radius 2 is 1.90 bits per heavy atom. The van der Waals surface area contributed by atoms with Crippen LogP contribution in [0.1, 0.15) is 27.7 Å². The van der Waals surface area contributed by atoms with Gasteiger partial charge in [0, 0.05) is 17.2 Å². The van der Waals surface area contributed by atoms with Gasteiger partial charge in [-0.3, -0.25) is 4.79 Å². The van der Waals surface area contributed by atoms with E-state index < -0.39 is 6.29 Å². The molecule has 0 aromatic carbocycles. The molecule has 4 nitrogen and oxygen atoms in total. The van der Waals surface area contributed by atoms with E-state index in [1.807, 2.05) is 18.2 Å². The van der Waals surface area contributed by atoms with E-state index in [9.17, 15) is 4.79 Å². The van der Waals surface area contributed by atoms with E-state index in [4.69, 9.17) is 9.47 Å². The summed E-state index contributed by atoms with van der Waals surface area (Å²) in [6.45, 7) is 9.08. The number of allylic oxidation sites excluding steroid dienone is 1. The highest BCUT2D eigenvalue weighted by Crippen LogP contribution is 2.41. The number of fused-ring (bicyclic) bond motifs is 1. The minimum Gasteiger partial charge on any atom is -0.348 e. The summed E-state index contributed by atoms with van der Waals surface area (Å²) in [5.41, 5.74) is 1.60. The minimum absolute atomic E-state index is 0.0113. The van der Waals surface area contributed by atoms with E-state index in [2.05, 4.69) is 33.0 Å². The van der Waals surface area contributed by atoms with Gasteiger partial charge in [-0.1, -0.05) is 32.1 Å². The molecule has 1 amide bonds. The quantitative estimate of drug-likeness (QED) is 0.798. The first kappa shape index (κ1) is 13.6. The summed E-state index contributed by atoms with van der Waals surface area (Å²) in [7, 11) is 0. The molecule has 3 aliphatic rings. The molecule has 1 saturated heterocycles. The first-order valence-corrected chi connectivity index (χ1v) is 7.00.